The van der Waals surface area contributed by atoms with Crippen molar-refractivity contribution in [3.05, 3.63) is 100 Å². The van der Waals surface area contributed by atoms with Gasteiger partial charge in [0.25, 0.3) is 15.7 Å². The van der Waals surface area contributed by atoms with Gasteiger partial charge in [-0.3, -0.25) is 24.0 Å². The van der Waals surface area contributed by atoms with Crippen molar-refractivity contribution in [3.63, 3.8) is 0 Å². The predicted octanol–water partition coefficient (Wildman–Crippen LogP) is 4.65. The summed E-state index contributed by atoms with van der Waals surface area (Å²) in [6, 6.07) is 16.7. The summed E-state index contributed by atoms with van der Waals surface area (Å²) in [5.41, 5.74) is 0.0864. The highest BCUT2D eigenvalue weighted by molar-refractivity contribution is 7.92. The number of nitrogens with zero attached hydrogens (tertiary/aromatic N) is 3. The number of hydrogen-bond donors (Lipinski definition) is 1. The van der Waals surface area contributed by atoms with Crippen molar-refractivity contribution in [1.82, 2.24) is 10.2 Å². The van der Waals surface area contributed by atoms with E-state index in [1.54, 1.807) is 13.0 Å². The summed E-state index contributed by atoms with van der Waals surface area (Å²) in [7, 11) is -4.37. The van der Waals surface area contributed by atoms with E-state index in [0.29, 0.717) is 12.0 Å². The molecule has 2 atom stereocenters. The number of non-ortho nitro benzene ring substituents is 1. The van der Waals surface area contributed by atoms with E-state index >= 15 is 0 Å². The average Bonchev–Trinajstić information content (AvgIpc) is 2.97. The van der Waals surface area contributed by atoms with Crippen LogP contribution in [0.15, 0.2) is 83.8 Å². The summed E-state index contributed by atoms with van der Waals surface area (Å²) in [5, 5.41) is 14.3. The molecule has 0 radical (unpaired) electrons. The average molecular weight is 585 g/mol. The smallest absolute Gasteiger partial charge is 0.271 e. The van der Waals surface area contributed by atoms with Crippen LogP contribution in [0.3, 0.4) is 0 Å². The van der Waals surface area contributed by atoms with Gasteiger partial charge in [-0.25, -0.2) is 12.8 Å². The van der Waals surface area contributed by atoms with Crippen LogP contribution in [0.2, 0.25) is 0 Å². The molecule has 12 heteroatoms. The van der Waals surface area contributed by atoms with Crippen LogP contribution in [0, 0.1) is 15.9 Å². The van der Waals surface area contributed by atoms with Crippen LogP contribution >= 0.6 is 0 Å². The van der Waals surface area contributed by atoms with Gasteiger partial charge in [0.15, 0.2) is 0 Å². The Hall–Kier alpha value is -4.32. The maximum Gasteiger partial charge on any atom is 0.271 e. The number of rotatable bonds is 13. The molecule has 3 aromatic carbocycles. The molecule has 0 saturated heterocycles. The first-order valence-corrected chi connectivity index (χ1v) is 14.6. The van der Waals surface area contributed by atoms with Gasteiger partial charge in [-0.05, 0) is 55.7 Å². The number of carbonyl (C=O) groups is 2. The molecule has 0 aliphatic carbocycles. The van der Waals surface area contributed by atoms with Crippen LogP contribution in [0.25, 0.3) is 0 Å². The second kappa shape index (κ2) is 13.8. The van der Waals surface area contributed by atoms with Crippen molar-refractivity contribution in [3.8, 4) is 0 Å². The highest BCUT2D eigenvalue weighted by Gasteiger charge is 2.34. The fraction of sp³-hybridized carbons (Fsp3) is 0.310. The second-order valence-electron chi connectivity index (χ2n) is 9.49. The lowest BCUT2D eigenvalue weighted by atomic mass is 10.1. The minimum Gasteiger partial charge on any atom is -0.352 e. The Morgan fingerprint density at radius 1 is 0.976 bits per heavy atom. The molecule has 0 heterocycles. The molecule has 0 aliphatic heterocycles. The Labute approximate surface area is 239 Å². The van der Waals surface area contributed by atoms with Crippen molar-refractivity contribution < 1.29 is 27.3 Å². The van der Waals surface area contributed by atoms with E-state index in [1.807, 2.05) is 13.8 Å². The zero-order valence-electron chi connectivity index (χ0n) is 23.1. The third-order valence-electron chi connectivity index (χ3n) is 6.59. The number of halogens is 1. The zero-order valence-corrected chi connectivity index (χ0v) is 23.9. The third kappa shape index (κ3) is 7.88. The number of benzene rings is 3. The molecule has 1 N–H and O–H groups in total. The van der Waals surface area contributed by atoms with E-state index in [9.17, 15) is 32.5 Å². The Morgan fingerprint density at radius 2 is 1.63 bits per heavy atom. The fourth-order valence-electron chi connectivity index (χ4n) is 4.16. The van der Waals surface area contributed by atoms with Crippen molar-refractivity contribution in [2.45, 2.75) is 57.1 Å². The molecule has 3 rings (SSSR count). The minimum absolute atomic E-state index is 0.0877. The monoisotopic (exact) mass is 584 g/mol. The van der Waals surface area contributed by atoms with Crippen LogP contribution in [0.5, 0.6) is 0 Å². The van der Waals surface area contributed by atoms with Crippen molar-refractivity contribution in [2.75, 3.05) is 10.8 Å². The van der Waals surface area contributed by atoms with E-state index in [0.717, 1.165) is 10.4 Å². The summed E-state index contributed by atoms with van der Waals surface area (Å²) in [5.74, 6) is -1.60. The van der Waals surface area contributed by atoms with E-state index < -0.39 is 45.2 Å². The van der Waals surface area contributed by atoms with E-state index in [-0.39, 0.29) is 35.3 Å². The molecule has 3 aromatic rings. The lowest BCUT2D eigenvalue weighted by Crippen LogP contribution is -2.53. The van der Waals surface area contributed by atoms with E-state index in [1.165, 1.54) is 71.6 Å². The highest BCUT2D eigenvalue weighted by Crippen LogP contribution is 2.28. The number of anilines is 1. The molecule has 0 aliphatic rings. The van der Waals surface area contributed by atoms with Gasteiger partial charge in [-0.2, -0.15) is 0 Å². The molecular weight excluding hydrogens is 551 g/mol. The Balaban J connectivity index is 2.08. The number of nitro benzene ring substituents is 1. The maximum atomic E-state index is 14.0. The molecule has 0 fully saturated rings. The molecule has 10 nitrogen and oxygen atoms in total. The Kier molecular flexibility index (Phi) is 10.5. The molecule has 0 aromatic heterocycles. The van der Waals surface area contributed by atoms with Crippen LogP contribution in [0.4, 0.5) is 15.8 Å². The number of hydrogen-bond acceptors (Lipinski definition) is 6. The van der Waals surface area contributed by atoms with Crippen LogP contribution < -0.4 is 9.62 Å². The van der Waals surface area contributed by atoms with Crippen LogP contribution in [-0.2, 0) is 26.2 Å². The standard InChI is InChI=1S/C29H33FN4O6S/c1-4-21(3)31-29(36)27(5-2)32(19-22-14-16-23(30)17-15-22)28(35)20-33(24-10-9-11-25(18-24)34(37)38)41(39,40)26-12-7-6-8-13-26/h6-18,21,27H,4-5,19-20H2,1-3H3,(H,31,36)/t21-,27-/m0/s1. The molecule has 0 saturated carbocycles. The summed E-state index contributed by atoms with van der Waals surface area (Å²) >= 11 is 0. The largest absolute Gasteiger partial charge is 0.352 e. The SMILES string of the molecule is CC[C@H](C)NC(=O)[C@H](CC)N(Cc1ccc(F)cc1)C(=O)CN(c1cccc([N+](=O)[O-])c1)S(=O)(=O)c1ccccc1. The number of carbonyl (C=O) groups excluding carboxylic acids is 2. The van der Waals surface area contributed by atoms with Gasteiger partial charge in [0.05, 0.1) is 15.5 Å². The lowest BCUT2D eigenvalue weighted by Gasteiger charge is -2.33. The number of sulfonamides is 1. The Morgan fingerprint density at radius 3 is 2.22 bits per heavy atom. The van der Waals surface area contributed by atoms with Gasteiger partial charge < -0.3 is 10.2 Å². The van der Waals surface area contributed by atoms with Gasteiger partial charge in [0.2, 0.25) is 11.8 Å². The number of amides is 2. The quantitative estimate of drug-likeness (QED) is 0.230. The first kappa shape index (κ1) is 31.2. The van der Waals surface area contributed by atoms with E-state index in [4.69, 9.17) is 0 Å². The lowest BCUT2D eigenvalue weighted by molar-refractivity contribution is -0.384. The third-order valence-corrected chi connectivity index (χ3v) is 8.38. The number of nitro groups is 1. The van der Waals surface area contributed by atoms with Gasteiger partial charge in [-0.15, -0.1) is 0 Å². The number of nitrogens with one attached hydrogen (secondary N) is 1. The first-order valence-electron chi connectivity index (χ1n) is 13.1. The summed E-state index contributed by atoms with van der Waals surface area (Å²) in [6.45, 7) is 4.61. The molecular formula is C29H33FN4O6S. The Bertz CT molecular complexity index is 1470. The maximum absolute atomic E-state index is 14.0. The predicted molar refractivity (Wildman–Crippen MR) is 153 cm³/mol. The second-order valence-corrected chi connectivity index (χ2v) is 11.4. The minimum atomic E-state index is -4.37. The molecule has 41 heavy (non-hydrogen) atoms. The van der Waals surface area contributed by atoms with Crippen molar-refractivity contribution in [1.29, 1.82) is 0 Å². The van der Waals surface area contributed by atoms with Gasteiger partial charge >= 0.3 is 0 Å². The summed E-state index contributed by atoms with van der Waals surface area (Å²) < 4.78 is 42.0. The van der Waals surface area contributed by atoms with Gasteiger partial charge in [0, 0.05) is 24.7 Å². The molecule has 0 unspecified atom stereocenters. The molecule has 218 valence electrons. The summed E-state index contributed by atoms with van der Waals surface area (Å²) in [6.07, 6.45) is 0.876. The molecule has 0 spiro atoms. The summed E-state index contributed by atoms with van der Waals surface area (Å²) in [4.78, 5) is 39.2. The zero-order chi connectivity index (χ0) is 30.2. The highest BCUT2D eigenvalue weighted by atomic mass is 32.2. The van der Waals surface area contributed by atoms with Crippen molar-refractivity contribution in [2.24, 2.45) is 0 Å². The van der Waals surface area contributed by atoms with Crippen LogP contribution in [0.1, 0.15) is 39.2 Å². The van der Waals surface area contributed by atoms with Gasteiger partial charge in [0.1, 0.15) is 18.4 Å². The van der Waals surface area contributed by atoms with Crippen LogP contribution in [-0.4, -0.2) is 48.7 Å². The van der Waals surface area contributed by atoms with Gasteiger partial charge in [-0.1, -0.05) is 50.2 Å². The molecule has 2 amide bonds. The topological polar surface area (TPSA) is 130 Å². The van der Waals surface area contributed by atoms with E-state index in [2.05, 4.69) is 5.32 Å². The van der Waals surface area contributed by atoms with Crippen molar-refractivity contribution >= 4 is 33.2 Å². The molecule has 0 bridgehead atoms. The normalized spacial score (nSPS) is 12.7. The first-order chi connectivity index (χ1) is 19.5. The fourth-order valence-corrected chi connectivity index (χ4v) is 5.58.